The lowest BCUT2D eigenvalue weighted by molar-refractivity contribution is -0.137. The average Bonchev–Trinajstić information content (AvgIpc) is 3.30. The molecule has 2 aromatic heterocycles. The van der Waals surface area contributed by atoms with E-state index in [1.807, 2.05) is 12.1 Å². The largest absolute Gasteiger partial charge is 0.443 e. The fraction of sp³-hybridized carbons (Fsp3) is 0.250. The summed E-state index contributed by atoms with van der Waals surface area (Å²) in [5, 5.41) is 18.6. The number of oxazole rings is 1. The number of hydrogen-bond acceptors (Lipinski definition) is 8. The number of hydrogen-bond donors (Lipinski definition) is 0. The molecule has 6 nitrogen and oxygen atoms in total. The van der Waals surface area contributed by atoms with E-state index in [0.29, 0.717) is 22.9 Å². The van der Waals surface area contributed by atoms with Gasteiger partial charge in [-0.2, -0.15) is 18.4 Å². The van der Waals surface area contributed by atoms with Gasteiger partial charge in [-0.15, -0.1) is 10.2 Å². The molecule has 3 heterocycles. The van der Waals surface area contributed by atoms with Crippen LogP contribution in [0.3, 0.4) is 0 Å². The molecular formula is C20H12F3N5OS2. The van der Waals surface area contributed by atoms with Crippen LogP contribution in [0.25, 0.3) is 11.6 Å². The molecule has 1 aliphatic carbocycles. The first kappa shape index (κ1) is 20.1. The van der Waals surface area contributed by atoms with E-state index in [1.165, 1.54) is 35.9 Å². The summed E-state index contributed by atoms with van der Waals surface area (Å²) >= 11 is 2.75. The van der Waals surface area contributed by atoms with Crippen molar-refractivity contribution in [2.45, 2.75) is 35.3 Å². The topological polar surface area (TPSA) is 88.0 Å². The number of alkyl halides is 3. The Morgan fingerprint density at radius 3 is 2.74 bits per heavy atom. The summed E-state index contributed by atoms with van der Waals surface area (Å²) in [5.41, 5.74) is 0.900. The Morgan fingerprint density at radius 1 is 1.23 bits per heavy atom. The van der Waals surface area contributed by atoms with Crippen LogP contribution in [0.5, 0.6) is 0 Å². The Balaban J connectivity index is 1.37. The molecule has 5 rings (SSSR count). The lowest BCUT2D eigenvalue weighted by Crippen LogP contribution is -2.14. The molecule has 1 fully saturated rings. The summed E-state index contributed by atoms with van der Waals surface area (Å²) in [7, 11) is 0. The summed E-state index contributed by atoms with van der Waals surface area (Å²) in [6.07, 6.45) is 0.297. The number of rotatable bonds is 3. The highest BCUT2D eigenvalue weighted by Gasteiger charge is 2.49. The standard InChI is InChI=1S/C20H12F3N5OS2/c21-20(22,23)13-2-1-11(12(7-13)9-24)10-30-18-26-19(3-4-19)14-8-15(16-25-5-6-29-16)27-28-17(14)31-18/h1-2,5-8H,3-4,10H2. The summed E-state index contributed by atoms with van der Waals surface area (Å²) in [5.74, 6) is 0.728. The predicted octanol–water partition coefficient (Wildman–Crippen LogP) is 5.41. The quantitative estimate of drug-likeness (QED) is 0.518. The maximum atomic E-state index is 12.9. The van der Waals surface area contributed by atoms with Crippen molar-refractivity contribution in [1.82, 2.24) is 15.2 Å². The molecule has 0 radical (unpaired) electrons. The Hall–Kier alpha value is -2.84. The van der Waals surface area contributed by atoms with Gasteiger partial charge >= 0.3 is 6.18 Å². The van der Waals surface area contributed by atoms with Crippen molar-refractivity contribution in [3.8, 4) is 17.7 Å². The Labute approximate surface area is 183 Å². The van der Waals surface area contributed by atoms with E-state index in [-0.39, 0.29) is 11.1 Å². The van der Waals surface area contributed by atoms with E-state index in [2.05, 4.69) is 15.2 Å². The Morgan fingerprint density at radius 2 is 2.06 bits per heavy atom. The van der Waals surface area contributed by atoms with Gasteiger partial charge in [0.2, 0.25) is 5.89 Å². The molecule has 2 aliphatic rings. The van der Waals surface area contributed by atoms with Crippen molar-refractivity contribution in [3.63, 3.8) is 0 Å². The maximum Gasteiger partial charge on any atom is 0.416 e. The molecule has 3 aromatic rings. The van der Waals surface area contributed by atoms with E-state index in [4.69, 9.17) is 9.41 Å². The second kappa shape index (κ2) is 7.39. The minimum atomic E-state index is -4.48. The van der Waals surface area contributed by atoms with Crippen LogP contribution < -0.4 is 0 Å². The summed E-state index contributed by atoms with van der Waals surface area (Å²) < 4.78 is 44.8. The molecule has 156 valence electrons. The van der Waals surface area contributed by atoms with Gasteiger partial charge in [-0.3, -0.25) is 4.99 Å². The van der Waals surface area contributed by atoms with Crippen molar-refractivity contribution in [2.24, 2.45) is 4.99 Å². The van der Waals surface area contributed by atoms with Crippen molar-refractivity contribution in [1.29, 1.82) is 5.26 Å². The molecule has 0 saturated heterocycles. The third-order valence-corrected chi connectivity index (χ3v) is 7.19. The van der Waals surface area contributed by atoms with Crippen LogP contribution in [0.2, 0.25) is 0 Å². The van der Waals surface area contributed by atoms with Gasteiger partial charge in [0.15, 0.2) is 0 Å². The van der Waals surface area contributed by atoms with Gasteiger partial charge in [-0.05, 0) is 48.4 Å². The fourth-order valence-corrected chi connectivity index (χ4v) is 5.51. The van der Waals surface area contributed by atoms with Crippen molar-refractivity contribution >= 4 is 27.9 Å². The summed E-state index contributed by atoms with van der Waals surface area (Å²) in [4.78, 5) is 8.98. The monoisotopic (exact) mass is 459 g/mol. The van der Waals surface area contributed by atoms with Crippen molar-refractivity contribution in [3.05, 3.63) is 59.0 Å². The number of nitriles is 1. The molecule has 0 N–H and O–H groups in total. The highest BCUT2D eigenvalue weighted by Crippen LogP contribution is 2.56. The molecule has 0 atom stereocenters. The molecule has 0 bridgehead atoms. The number of benzene rings is 1. The zero-order valence-corrected chi connectivity index (χ0v) is 17.3. The summed E-state index contributed by atoms with van der Waals surface area (Å²) in [6.45, 7) is 0. The molecule has 31 heavy (non-hydrogen) atoms. The van der Waals surface area contributed by atoms with E-state index >= 15 is 0 Å². The number of nitrogens with zero attached hydrogens (tertiary/aromatic N) is 5. The smallest absolute Gasteiger partial charge is 0.416 e. The van der Waals surface area contributed by atoms with Crippen LogP contribution in [0.1, 0.15) is 35.1 Å². The van der Waals surface area contributed by atoms with Crippen LogP contribution in [-0.2, 0) is 17.5 Å². The first-order valence-corrected chi connectivity index (χ1v) is 11.0. The highest BCUT2D eigenvalue weighted by molar-refractivity contribution is 8.38. The molecule has 1 aliphatic heterocycles. The third-order valence-electron chi connectivity index (χ3n) is 5.03. The number of aliphatic imine (C=N–C) groups is 1. The average molecular weight is 459 g/mol. The number of halogens is 3. The molecule has 1 aromatic carbocycles. The molecule has 1 saturated carbocycles. The summed E-state index contributed by atoms with van der Waals surface area (Å²) in [6, 6.07) is 7.01. The van der Waals surface area contributed by atoms with Crippen molar-refractivity contribution in [2.75, 3.05) is 0 Å². The van der Waals surface area contributed by atoms with Crippen LogP contribution >= 0.6 is 23.5 Å². The van der Waals surface area contributed by atoms with E-state index < -0.39 is 11.7 Å². The highest BCUT2D eigenvalue weighted by atomic mass is 32.2. The van der Waals surface area contributed by atoms with Crippen LogP contribution in [0, 0.1) is 11.3 Å². The molecule has 1 spiro atoms. The zero-order valence-electron chi connectivity index (χ0n) is 15.7. The number of fused-ring (bicyclic) bond motifs is 2. The molecule has 0 amide bonds. The number of aromatic nitrogens is 3. The lowest BCUT2D eigenvalue weighted by atomic mass is 10.1. The first-order valence-electron chi connectivity index (χ1n) is 9.17. The van der Waals surface area contributed by atoms with Gasteiger partial charge in [0, 0.05) is 11.3 Å². The number of thioether (sulfide) groups is 2. The Bertz CT molecular complexity index is 1230. The van der Waals surface area contributed by atoms with Gasteiger partial charge in [0.25, 0.3) is 0 Å². The van der Waals surface area contributed by atoms with E-state index in [1.54, 1.807) is 6.20 Å². The Kier molecular flexibility index (Phi) is 4.79. The molecule has 11 heteroatoms. The van der Waals surface area contributed by atoms with Gasteiger partial charge in [-0.25, -0.2) is 4.98 Å². The fourth-order valence-electron chi connectivity index (χ4n) is 3.27. The zero-order chi connectivity index (χ0) is 21.6. The second-order valence-electron chi connectivity index (χ2n) is 7.07. The van der Waals surface area contributed by atoms with Crippen LogP contribution in [-0.4, -0.2) is 19.6 Å². The SMILES string of the molecule is N#Cc1cc(C(F)(F)F)ccc1CSC1=NC2(CC2)c2cc(-c3ncco3)nnc2S1. The van der Waals surface area contributed by atoms with Crippen LogP contribution in [0.4, 0.5) is 13.2 Å². The van der Waals surface area contributed by atoms with Crippen molar-refractivity contribution < 1.29 is 17.6 Å². The first-order chi connectivity index (χ1) is 14.9. The van der Waals surface area contributed by atoms with Crippen LogP contribution in [0.15, 0.2) is 51.2 Å². The molecule has 0 unspecified atom stereocenters. The van der Waals surface area contributed by atoms with Gasteiger partial charge in [-0.1, -0.05) is 17.8 Å². The molecular weight excluding hydrogens is 447 g/mol. The maximum absolute atomic E-state index is 12.9. The van der Waals surface area contributed by atoms with Gasteiger partial charge in [0.1, 0.15) is 21.4 Å². The minimum absolute atomic E-state index is 0.0145. The van der Waals surface area contributed by atoms with Gasteiger partial charge in [0.05, 0.1) is 28.9 Å². The normalized spacial score (nSPS) is 16.5. The second-order valence-corrected chi connectivity index (χ2v) is 9.27. The predicted molar refractivity (Wildman–Crippen MR) is 109 cm³/mol. The minimum Gasteiger partial charge on any atom is -0.443 e. The lowest BCUT2D eigenvalue weighted by Gasteiger charge is -2.21. The van der Waals surface area contributed by atoms with E-state index in [9.17, 15) is 18.4 Å². The van der Waals surface area contributed by atoms with E-state index in [0.717, 1.165) is 39.9 Å². The van der Waals surface area contributed by atoms with Gasteiger partial charge < -0.3 is 4.42 Å². The third kappa shape index (κ3) is 3.81.